The highest BCUT2D eigenvalue weighted by atomic mass is 16.5. The number of fused-ring (bicyclic) bond motifs is 1. The van der Waals surface area contributed by atoms with Gasteiger partial charge in [0, 0.05) is 5.92 Å². The van der Waals surface area contributed by atoms with E-state index in [0.717, 1.165) is 18.7 Å². The summed E-state index contributed by atoms with van der Waals surface area (Å²) >= 11 is 0. The summed E-state index contributed by atoms with van der Waals surface area (Å²) < 4.78 is 5.21. The van der Waals surface area contributed by atoms with Crippen LogP contribution in [0.1, 0.15) is 34.9 Å². The topological polar surface area (TPSA) is 75.2 Å². The van der Waals surface area contributed by atoms with Gasteiger partial charge in [0.15, 0.2) is 0 Å². The zero-order chi connectivity index (χ0) is 12.0. The standard InChI is InChI=1S/C12H12N2O3/c1-17-8-5-4-7(12(15)16)9-10(8)14-11(13-9)6-2-3-6/h4-6H,2-3H2,1H3,(H,13,14)(H,15,16). The molecule has 0 radical (unpaired) electrons. The summed E-state index contributed by atoms with van der Waals surface area (Å²) in [7, 11) is 1.56. The number of methoxy groups -OCH3 is 1. The normalized spacial score (nSPS) is 15.1. The molecule has 88 valence electrons. The van der Waals surface area contributed by atoms with Crippen molar-refractivity contribution in [3.63, 3.8) is 0 Å². The van der Waals surface area contributed by atoms with Gasteiger partial charge in [0.2, 0.25) is 0 Å². The van der Waals surface area contributed by atoms with Crippen LogP contribution in [0.5, 0.6) is 5.75 Å². The SMILES string of the molecule is COc1ccc(C(=O)O)c2nc(C3CC3)[nH]c12. The van der Waals surface area contributed by atoms with Crippen molar-refractivity contribution in [1.29, 1.82) is 0 Å². The molecule has 17 heavy (non-hydrogen) atoms. The molecule has 3 rings (SSSR count). The van der Waals surface area contributed by atoms with Crippen LogP contribution in [-0.2, 0) is 0 Å². The van der Waals surface area contributed by atoms with Crippen molar-refractivity contribution in [2.24, 2.45) is 0 Å². The number of nitrogens with one attached hydrogen (secondary N) is 1. The van der Waals surface area contributed by atoms with Gasteiger partial charge in [-0.05, 0) is 25.0 Å². The third-order valence-electron chi connectivity index (χ3n) is 3.04. The smallest absolute Gasteiger partial charge is 0.337 e. The van der Waals surface area contributed by atoms with Gasteiger partial charge in [0.1, 0.15) is 22.6 Å². The average Bonchev–Trinajstić information content (AvgIpc) is 3.06. The van der Waals surface area contributed by atoms with Crippen LogP contribution >= 0.6 is 0 Å². The minimum Gasteiger partial charge on any atom is -0.494 e. The van der Waals surface area contributed by atoms with Crippen LogP contribution in [0.25, 0.3) is 11.0 Å². The maximum absolute atomic E-state index is 11.1. The van der Waals surface area contributed by atoms with Gasteiger partial charge < -0.3 is 14.8 Å². The van der Waals surface area contributed by atoms with E-state index in [-0.39, 0.29) is 5.56 Å². The second kappa shape index (κ2) is 3.48. The number of aromatic carboxylic acids is 1. The minimum atomic E-state index is -0.966. The third-order valence-corrected chi connectivity index (χ3v) is 3.04. The Morgan fingerprint density at radius 1 is 1.53 bits per heavy atom. The monoisotopic (exact) mass is 232 g/mol. The molecule has 2 N–H and O–H groups in total. The quantitative estimate of drug-likeness (QED) is 0.850. The van der Waals surface area contributed by atoms with E-state index in [9.17, 15) is 4.79 Å². The van der Waals surface area contributed by atoms with E-state index in [1.54, 1.807) is 13.2 Å². The molecule has 1 aliphatic rings. The third kappa shape index (κ3) is 1.54. The number of carboxylic acids is 1. The number of aromatic nitrogens is 2. The lowest BCUT2D eigenvalue weighted by Gasteiger charge is -2.02. The van der Waals surface area contributed by atoms with Crippen molar-refractivity contribution in [1.82, 2.24) is 9.97 Å². The predicted molar refractivity (Wildman–Crippen MR) is 61.6 cm³/mol. The number of carboxylic acid groups (broad SMARTS) is 1. The van der Waals surface area contributed by atoms with E-state index >= 15 is 0 Å². The van der Waals surface area contributed by atoms with Crippen molar-refractivity contribution in [2.45, 2.75) is 18.8 Å². The highest BCUT2D eigenvalue weighted by Gasteiger charge is 2.28. The Hall–Kier alpha value is -2.04. The average molecular weight is 232 g/mol. The zero-order valence-electron chi connectivity index (χ0n) is 9.36. The molecule has 0 aliphatic heterocycles. The fourth-order valence-electron chi connectivity index (χ4n) is 1.98. The largest absolute Gasteiger partial charge is 0.494 e. The maximum Gasteiger partial charge on any atom is 0.337 e. The predicted octanol–water partition coefficient (Wildman–Crippen LogP) is 2.15. The Kier molecular flexibility index (Phi) is 2.07. The molecule has 1 saturated carbocycles. The molecule has 1 aromatic heterocycles. The van der Waals surface area contributed by atoms with E-state index in [4.69, 9.17) is 9.84 Å². The highest BCUT2D eigenvalue weighted by molar-refractivity contribution is 6.02. The van der Waals surface area contributed by atoms with Gasteiger partial charge in [-0.2, -0.15) is 0 Å². The molecule has 1 heterocycles. The Morgan fingerprint density at radius 3 is 2.88 bits per heavy atom. The van der Waals surface area contributed by atoms with E-state index < -0.39 is 5.97 Å². The summed E-state index contributed by atoms with van der Waals surface area (Å²) in [5.41, 5.74) is 1.37. The fraction of sp³-hybridized carbons (Fsp3) is 0.333. The number of ether oxygens (including phenoxy) is 1. The molecular formula is C12H12N2O3. The van der Waals surface area contributed by atoms with Gasteiger partial charge in [0.05, 0.1) is 12.7 Å². The van der Waals surface area contributed by atoms with Crippen molar-refractivity contribution >= 4 is 17.0 Å². The van der Waals surface area contributed by atoms with Crippen molar-refractivity contribution in [2.75, 3.05) is 7.11 Å². The molecule has 0 unspecified atom stereocenters. The van der Waals surface area contributed by atoms with Gasteiger partial charge in [0.25, 0.3) is 0 Å². The molecule has 0 spiro atoms. The van der Waals surface area contributed by atoms with Crippen molar-refractivity contribution in [3.8, 4) is 5.75 Å². The van der Waals surface area contributed by atoms with Crippen LogP contribution < -0.4 is 4.74 Å². The zero-order valence-corrected chi connectivity index (χ0v) is 9.36. The van der Waals surface area contributed by atoms with E-state index in [1.807, 2.05) is 0 Å². The first-order valence-corrected chi connectivity index (χ1v) is 5.50. The van der Waals surface area contributed by atoms with Gasteiger partial charge >= 0.3 is 5.97 Å². The Bertz CT molecular complexity index is 599. The number of benzene rings is 1. The molecule has 0 bridgehead atoms. The summed E-state index contributed by atoms with van der Waals surface area (Å²) in [5, 5.41) is 9.12. The lowest BCUT2D eigenvalue weighted by molar-refractivity contribution is 0.0699. The van der Waals surface area contributed by atoms with Crippen LogP contribution in [0.3, 0.4) is 0 Å². The van der Waals surface area contributed by atoms with Gasteiger partial charge in [-0.25, -0.2) is 9.78 Å². The van der Waals surface area contributed by atoms with E-state index in [2.05, 4.69) is 9.97 Å². The second-order valence-corrected chi connectivity index (χ2v) is 4.24. The lowest BCUT2D eigenvalue weighted by Crippen LogP contribution is -1.98. The van der Waals surface area contributed by atoms with E-state index in [1.165, 1.54) is 6.07 Å². The van der Waals surface area contributed by atoms with E-state index in [0.29, 0.717) is 22.7 Å². The molecule has 1 aliphatic carbocycles. The van der Waals surface area contributed by atoms with Crippen molar-refractivity contribution in [3.05, 3.63) is 23.5 Å². The van der Waals surface area contributed by atoms with Gasteiger partial charge in [-0.1, -0.05) is 0 Å². The molecule has 1 fully saturated rings. The number of hydrogen-bond acceptors (Lipinski definition) is 3. The fourth-order valence-corrected chi connectivity index (χ4v) is 1.98. The number of rotatable bonds is 3. The molecule has 0 atom stereocenters. The number of hydrogen-bond donors (Lipinski definition) is 2. The second-order valence-electron chi connectivity index (χ2n) is 4.24. The Labute approximate surface area is 97.4 Å². The van der Waals surface area contributed by atoms with Crippen molar-refractivity contribution < 1.29 is 14.6 Å². The molecule has 2 aromatic rings. The Morgan fingerprint density at radius 2 is 2.29 bits per heavy atom. The molecule has 5 nitrogen and oxygen atoms in total. The number of imidazole rings is 1. The maximum atomic E-state index is 11.1. The molecule has 5 heteroatoms. The first-order chi connectivity index (χ1) is 8.20. The minimum absolute atomic E-state index is 0.212. The van der Waals surface area contributed by atoms with Crippen LogP contribution in [-0.4, -0.2) is 28.2 Å². The first-order valence-electron chi connectivity index (χ1n) is 5.50. The number of nitrogens with zero attached hydrogens (tertiary/aromatic N) is 1. The Balaban J connectivity index is 2.27. The summed E-state index contributed by atoms with van der Waals surface area (Å²) in [6.45, 7) is 0. The van der Waals surface area contributed by atoms with Gasteiger partial charge in [-0.15, -0.1) is 0 Å². The number of carbonyl (C=O) groups is 1. The number of aromatic amines is 1. The van der Waals surface area contributed by atoms with Crippen LogP contribution in [0.15, 0.2) is 12.1 Å². The lowest BCUT2D eigenvalue weighted by atomic mass is 10.2. The molecule has 0 saturated heterocycles. The molecular weight excluding hydrogens is 220 g/mol. The summed E-state index contributed by atoms with van der Waals surface area (Å²) in [6.07, 6.45) is 2.23. The van der Waals surface area contributed by atoms with Crippen LogP contribution in [0, 0.1) is 0 Å². The van der Waals surface area contributed by atoms with Gasteiger partial charge in [-0.3, -0.25) is 0 Å². The molecule has 0 amide bonds. The summed E-state index contributed by atoms with van der Waals surface area (Å²) in [6, 6.07) is 3.18. The first kappa shape index (κ1) is 10.1. The van der Waals surface area contributed by atoms with Crippen LogP contribution in [0.4, 0.5) is 0 Å². The highest BCUT2D eigenvalue weighted by Crippen LogP contribution is 2.40. The summed E-state index contributed by atoms with van der Waals surface area (Å²) in [5.74, 6) is 0.983. The summed E-state index contributed by atoms with van der Waals surface area (Å²) in [4.78, 5) is 18.7. The number of H-pyrrole nitrogens is 1. The molecule has 1 aromatic carbocycles. The van der Waals surface area contributed by atoms with Crippen LogP contribution in [0.2, 0.25) is 0 Å².